The number of hydrogen-bond donors (Lipinski definition) is 2. The lowest BCUT2D eigenvalue weighted by Crippen LogP contribution is -2.17. The molecule has 2 heterocycles. The maximum Gasteiger partial charge on any atom is 0.258 e. The number of anilines is 2. The highest BCUT2D eigenvalue weighted by Crippen LogP contribution is 2.19. The highest BCUT2D eigenvalue weighted by atomic mass is 35.5. The van der Waals surface area contributed by atoms with Crippen LogP contribution in [0.25, 0.3) is 5.65 Å². The van der Waals surface area contributed by atoms with E-state index in [0.29, 0.717) is 28.5 Å². The maximum atomic E-state index is 12.6. The van der Waals surface area contributed by atoms with E-state index < -0.39 is 0 Å². The monoisotopic (exact) mass is 418 g/mol. The Hall–Kier alpha value is -3.64. The molecule has 0 bridgehead atoms. The molecule has 0 unspecified atom stereocenters. The molecule has 7 heteroatoms. The van der Waals surface area contributed by atoms with Crippen molar-refractivity contribution in [1.29, 1.82) is 0 Å². The van der Waals surface area contributed by atoms with Gasteiger partial charge in [-0.15, -0.1) is 0 Å². The first-order valence-electron chi connectivity index (χ1n) is 9.38. The van der Waals surface area contributed by atoms with Crippen LogP contribution in [0, 0.1) is 6.92 Å². The van der Waals surface area contributed by atoms with Gasteiger partial charge in [0, 0.05) is 29.2 Å². The van der Waals surface area contributed by atoms with Crippen molar-refractivity contribution in [3.05, 3.63) is 105 Å². The fourth-order valence-corrected chi connectivity index (χ4v) is 3.24. The SMILES string of the molecule is Cc1ccc(C(=O)Nc2ccccc2)cc1NCc1cc(=O)n2cc(Cl)ccc2n1. The third-order valence-corrected chi connectivity index (χ3v) is 4.89. The average molecular weight is 419 g/mol. The van der Waals surface area contributed by atoms with Gasteiger partial charge < -0.3 is 10.6 Å². The molecule has 0 radical (unpaired) electrons. The van der Waals surface area contributed by atoms with Crippen molar-refractivity contribution in [1.82, 2.24) is 9.38 Å². The molecular weight excluding hydrogens is 400 g/mol. The fraction of sp³-hybridized carbons (Fsp3) is 0.0870. The van der Waals surface area contributed by atoms with Crippen LogP contribution < -0.4 is 16.2 Å². The third-order valence-electron chi connectivity index (χ3n) is 4.67. The molecule has 150 valence electrons. The number of carbonyl (C=O) groups is 1. The molecule has 0 atom stereocenters. The Morgan fingerprint density at radius 3 is 2.67 bits per heavy atom. The summed E-state index contributed by atoms with van der Waals surface area (Å²) in [4.78, 5) is 29.4. The van der Waals surface area contributed by atoms with Gasteiger partial charge in [0.1, 0.15) is 5.65 Å². The summed E-state index contributed by atoms with van der Waals surface area (Å²) in [6, 6.07) is 19.6. The summed E-state index contributed by atoms with van der Waals surface area (Å²) in [6.07, 6.45) is 1.54. The normalized spacial score (nSPS) is 10.7. The first-order valence-corrected chi connectivity index (χ1v) is 9.76. The first-order chi connectivity index (χ1) is 14.5. The lowest BCUT2D eigenvalue weighted by Gasteiger charge is -2.12. The highest BCUT2D eigenvalue weighted by Gasteiger charge is 2.09. The molecule has 6 nitrogen and oxygen atoms in total. The number of aromatic nitrogens is 2. The summed E-state index contributed by atoms with van der Waals surface area (Å²) >= 11 is 5.95. The minimum atomic E-state index is -0.202. The zero-order chi connectivity index (χ0) is 21.1. The van der Waals surface area contributed by atoms with Crippen LogP contribution in [0.15, 0.2) is 77.7 Å². The average Bonchev–Trinajstić information content (AvgIpc) is 2.74. The number of nitrogens with one attached hydrogen (secondary N) is 2. The third kappa shape index (κ3) is 4.34. The van der Waals surface area contributed by atoms with Crippen molar-refractivity contribution in [2.24, 2.45) is 0 Å². The van der Waals surface area contributed by atoms with Gasteiger partial charge in [-0.05, 0) is 48.9 Å². The molecule has 1 amide bonds. The van der Waals surface area contributed by atoms with E-state index in [1.165, 1.54) is 10.5 Å². The van der Waals surface area contributed by atoms with E-state index >= 15 is 0 Å². The van der Waals surface area contributed by atoms with Crippen LogP contribution in [0.3, 0.4) is 0 Å². The molecule has 0 saturated carbocycles. The summed E-state index contributed by atoms with van der Waals surface area (Å²) < 4.78 is 1.41. The fourth-order valence-electron chi connectivity index (χ4n) is 3.08. The van der Waals surface area contributed by atoms with Gasteiger partial charge >= 0.3 is 0 Å². The van der Waals surface area contributed by atoms with Crippen molar-refractivity contribution in [3.63, 3.8) is 0 Å². The van der Waals surface area contributed by atoms with Gasteiger partial charge in [-0.25, -0.2) is 4.98 Å². The van der Waals surface area contributed by atoms with Crippen LogP contribution >= 0.6 is 11.6 Å². The number of fused-ring (bicyclic) bond motifs is 1. The zero-order valence-electron chi connectivity index (χ0n) is 16.2. The number of rotatable bonds is 5. The van der Waals surface area contributed by atoms with Crippen LogP contribution in [-0.4, -0.2) is 15.3 Å². The number of aryl methyl sites for hydroxylation is 1. The molecule has 4 rings (SSSR count). The standard InChI is InChI=1S/C23H19ClN4O2/c1-15-7-8-16(23(30)27-18-5-3-2-4-6-18)11-20(15)25-13-19-12-22(29)28-14-17(24)9-10-21(28)26-19/h2-12,14,25H,13H2,1H3,(H,27,30). The topological polar surface area (TPSA) is 75.5 Å². The van der Waals surface area contributed by atoms with E-state index in [2.05, 4.69) is 15.6 Å². The van der Waals surface area contributed by atoms with E-state index in [1.54, 1.807) is 30.5 Å². The van der Waals surface area contributed by atoms with E-state index in [1.807, 2.05) is 43.3 Å². The van der Waals surface area contributed by atoms with Crippen LogP contribution in [0.4, 0.5) is 11.4 Å². The Labute approximate surface area is 178 Å². The minimum absolute atomic E-state index is 0.191. The first kappa shape index (κ1) is 19.7. The molecule has 0 saturated heterocycles. The number of nitrogens with zero attached hydrogens (tertiary/aromatic N) is 2. The van der Waals surface area contributed by atoms with Crippen LogP contribution in [0.5, 0.6) is 0 Å². The number of halogens is 1. The Morgan fingerprint density at radius 2 is 1.87 bits per heavy atom. The predicted molar refractivity (Wildman–Crippen MR) is 119 cm³/mol. The van der Waals surface area contributed by atoms with Crippen LogP contribution in [-0.2, 0) is 6.54 Å². The molecule has 2 aromatic heterocycles. The molecule has 0 aliphatic carbocycles. The lowest BCUT2D eigenvalue weighted by atomic mass is 10.1. The van der Waals surface area contributed by atoms with Crippen LogP contribution in [0.2, 0.25) is 5.02 Å². The Bertz CT molecular complexity index is 1290. The number of amides is 1. The molecule has 30 heavy (non-hydrogen) atoms. The van der Waals surface area contributed by atoms with Gasteiger partial charge in [0.15, 0.2) is 0 Å². The van der Waals surface area contributed by atoms with E-state index in [9.17, 15) is 9.59 Å². The summed E-state index contributed by atoms with van der Waals surface area (Å²) in [5, 5.41) is 6.62. The van der Waals surface area contributed by atoms with Gasteiger partial charge in [0.2, 0.25) is 0 Å². The van der Waals surface area contributed by atoms with Crippen LogP contribution in [0.1, 0.15) is 21.6 Å². The van der Waals surface area contributed by atoms with E-state index in [-0.39, 0.29) is 11.5 Å². The van der Waals surface area contributed by atoms with Crippen molar-refractivity contribution in [2.45, 2.75) is 13.5 Å². The second-order valence-electron chi connectivity index (χ2n) is 6.86. The molecule has 0 aliphatic heterocycles. The molecule has 4 aromatic rings. The molecule has 2 aromatic carbocycles. The number of benzene rings is 2. The van der Waals surface area contributed by atoms with E-state index in [4.69, 9.17) is 11.6 Å². The highest BCUT2D eigenvalue weighted by molar-refractivity contribution is 6.30. The largest absolute Gasteiger partial charge is 0.379 e. The summed E-state index contributed by atoms with van der Waals surface area (Å²) in [5.41, 5.74) is 3.97. The number of carbonyl (C=O) groups excluding carboxylic acids is 1. The van der Waals surface area contributed by atoms with Crippen molar-refractivity contribution in [3.8, 4) is 0 Å². The van der Waals surface area contributed by atoms with E-state index in [0.717, 1.165) is 16.9 Å². The van der Waals surface area contributed by atoms with Gasteiger partial charge in [0.25, 0.3) is 11.5 Å². The minimum Gasteiger partial charge on any atom is -0.379 e. The Morgan fingerprint density at radius 1 is 1.07 bits per heavy atom. The zero-order valence-corrected chi connectivity index (χ0v) is 17.0. The molecule has 0 spiro atoms. The maximum absolute atomic E-state index is 12.6. The van der Waals surface area contributed by atoms with Gasteiger partial charge in [-0.3, -0.25) is 14.0 Å². The van der Waals surface area contributed by atoms with Crippen molar-refractivity contribution >= 4 is 34.5 Å². The summed E-state index contributed by atoms with van der Waals surface area (Å²) in [7, 11) is 0. The van der Waals surface area contributed by atoms with Gasteiger partial charge in [-0.2, -0.15) is 0 Å². The smallest absolute Gasteiger partial charge is 0.258 e. The second kappa shape index (κ2) is 8.39. The molecule has 0 aliphatic rings. The molecular formula is C23H19ClN4O2. The molecule has 0 fully saturated rings. The number of hydrogen-bond acceptors (Lipinski definition) is 4. The lowest BCUT2D eigenvalue weighted by molar-refractivity contribution is 0.102. The number of para-hydroxylation sites is 1. The second-order valence-corrected chi connectivity index (χ2v) is 7.30. The molecule has 2 N–H and O–H groups in total. The Balaban J connectivity index is 1.53. The number of pyridine rings is 1. The van der Waals surface area contributed by atoms with Crippen molar-refractivity contribution in [2.75, 3.05) is 10.6 Å². The summed E-state index contributed by atoms with van der Waals surface area (Å²) in [5.74, 6) is -0.191. The predicted octanol–water partition coefficient (Wildman–Crippen LogP) is 4.52. The summed E-state index contributed by atoms with van der Waals surface area (Å²) in [6.45, 7) is 2.30. The van der Waals surface area contributed by atoms with Gasteiger partial charge in [-0.1, -0.05) is 35.9 Å². The quantitative estimate of drug-likeness (QED) is 0.499. The van der Waals surface area contributed by atoms with Crippen molar-refractivity contribution < 1.29 is 4.79 Å². The Kier molecular flexibility index (Phi) is 5.50. The van der Waals surface area contributed by atoms with Gasteiger partial charge in [0.05, 0.1) is 17.3 Å².